The summed E-state index contributed by atoms with van der Waals surface area (Å²) in [5.74, 6) is -1.64. The molecule has 1 fully saturated rings. The molecule has 36 heavy (non-hydrogen) atoms. The molecule has 200 valence electrons. The first kappa shape index (κ1) is 28.5. The van der Waals surface area contributed by atoms with Gasteiger partial charge in [0.15, 0.2) is 17.7 Å². The van der Waals surface area contributed by atoms with Crippen LogP contribution in [0.5, 0.6) is 0 Å². The molecule has 0 aliphatic carbocycles. The van der Waals surface area contributed by atoms with Crippen LogP contribution in [0.3, 0.4) is 0 Å². The second kappa shape index (κ2) is 9.69. The van der Waals surface area contributed by atoms with Gasteiger partial charge in [0.1, 0.15) is 5.39 Å². The van der Waals surface area contributed by atoms with Crippen molar-refractivity contribution in [1.29, 1.82) is 0 Å². The maximum atomic E-state index is 15.9. The second-order valence-electron chi connectivity index (χ2n) is 7.15. The number of alkyl halides is 1. The van der Waals surface area contributed by atoms with Crippen LogP contribution in [0.2, 0.25) is 0 Å². The molecule has 4 unspecified atom stereocenters. The van der Waals surface area contributed by atoms with Crippen molar-refractivity contribution in [3.63, 3.8) is 0 Å². The van der Waals surface area contributed by atoms with Crippen LogP contribution in [-0.2, 0) is 31.6 Å². The lowest BCUT2D eigenvalue weighted by Gasteiger charge is -2.26. The smallest absolute Gasteiger partial charge is 0.396 e. The molecule has 3 rings (SSSR count). The van der Waals surface area contributed by atoms with Crippen LogP contribution in [0, 0.1) is 24.1 Å². The highest BCUT2D eigenvalue weighted by Crippen LogP contribution is 2.66. The van der Waals surface area contributed by atoms with Gasteiger partial charge < -0.3 is 35.2 Å². The number of aliphatic hydroxyl groups is 1. The van der Waals surface area contributed by atoms with Gasteiger partial charge in [-0.05, 0) is 0 Å². The van der Waals surface area contributed by atoms with E-state index in [0.29, 0.717) is 10.8 Å². The Balaban J connectivity index is 1.91. The summed E-state index contributed by atoms with van der Waals surface area (Å²) >= 11 is 0. The Labute approximate surface area is 198 Å². The third-order valence-corrected chi connectivity index (χ3v) is 8.60. The summed E-state index contributed by atoms with van der Waals surface area (Å²) < 4.78 is 82.1. The summed E-state index contributed by atoms with van der Waals surface area (Å²) in [7, 11) is -17.1. The lowest BCUT2D eigenvalue weighted by Crippen LogP contribution is -2.39. The van der Waals surface area contributed by atoms with Gasteiger partial charge in [-0.1, -0.05) is 5.92 Å². The van der Waals surface area contributed by atoms with E-state index in [9.17, 15) is 37.8 Å². The summed E-state index contributed by atoms with van der Waals surface area (Å²) in [5.41, 5.74) is 0.965. The van der Waals surface area contributed by atoms with Gasteiger partial charge in [0, 0.05) is 6.20 Å². The standard InChI is InChI=1S/C14H17F2N4O13P3/c1-2-14(16)6(4-21)8(5-30-35(26,27)33-36(28,29)32-34(23,24)25)31-12(14)20-3-7(15)9-10(20)18-13(17)19-11(9)22/h1,3,6,8,12,21H,4-5H2,(H,26,27)(H,28,29)(H2,23,24,25)(H3,17,18,19,22)/t6?,8-,12-,14?/m1/s1. The number of halogens is 2. The van der Waals surface area contributed by atoms with E-state index in [1.807, 2.05) is 4.98 Å². The molecular formula is C14H17F2N4O13P3. The molecule has 0 radical (unpaired) electrons. The number of fused-ring (bicyclic) bond motifs is 1. The number of nitrogens with one attached hydrogen (secondary N) is 1. The largest absolute Gasteiger partial charge is 0.490 e. The number of hydrogen-bond acceptors (Lipinski definition) is 11. The average Bonchev–Trinajstić information content (AvgIpc) is 3.17. The molecule has 0 aromatic carbocycles. The first-order valence-electron chi connectivity index (χ1n) is 9.20. The fourth-order valence-electron chi connectivity index (χ4n) is 3.44. The molecule has 1 saturated heterocycles. The molecule has 0 saturated carbocycles. The molecule has 0 spiro atoms. The first-order chi connectivity index (χ1) is 16.4. The van der Waals surface area contributed by atoms with Gasteiger partial charge in [0.25, 0.3) is 5.56 Å². The van der Waals surface area contributed by atoms with E-state index < -0.39 is 89.0 Å². The van der Waals surface area contributed by atoms with Gasteiger partial charge in [-0.3, -0.25) is 18.9 Å². The number of phosphoric acid groups is 3. The minimum absolute atomic E-state index is 0.474. The second-order valence-corrected chi connectivity index (χ2v) is 11.6. The van der Waals surface area contributed by atoms with Gasteiger partial charge in [0.05, 0.1) is 25.2 Å². The van der Waals surface area contributed by atoms with Crippen molar-refractivity contribution in [2.75, 3.05) is 18.9 Å². The van der Waals surface area contributed by atoms with Crippen molar-refractivity contribution in [2.45, 2.75) is 18.0 Å². The Hall–Kier alpha value is -2.03. The topological polar surface area (TPSA) is 266 Å². The number of phosphoric ester groups is 1. The zero-order valence-electron chi connectivity index (χ0n) is 17.4. The molecule has 1 aliphatic heterocycles. The molecule has 6 atom stereocenters. The molecule has 22 heteroatoms. The first-order valence-corrected chi connectivity index (χ1v) is 13.7. The number of ether oxygens (including phenoxy) is 1. The molecule has 2 aromatic rings. The van der Waals surface area contributed by atoms with Gasteiger partial charge in [-0.15, -0.1) is 6.42 Å². The van der Waals surface area contributed by atoms with Crippen molar-refractivity contribution in [3.05, 3.63) is 22.4 Å². The van der Waals surface area contributed by atoms with E-state index in [0.717, 1.165) is 0 Å². The van der Waals surface area contributed by atoms with Gasteiger partial charge in [0.2, 0.25) is 11.6 Å². The van der Waals surface area contributed by atoms with Crippen molar-refractivity contribution >= 4 is 40.4 Å². The predicted octanol–water partition coefficient (Wildman–Crippen LogP) is -0.363. The van der Waals surface area contributed by atoms with Crippen molar-refractivity contribution < 1.29 is 65.0 Å². The number of nitrogens with two attached hydrogens (primary N) is 1. The van der Waals surface area contributed by atoms with Crippen LogP contribution in [0.15, 0.2) is 11.0 Å². The van der Waals surface area contributed by atoms with Crippen LogP contribution in [0.1, 0.15) is 6.23 Å². The number of H-pyrrole nitrogens is 1. The Morgan fingerprint density at radius 3 is 2.47 bits per heavy atom. The molecular weight excluding hydrogens is 563 g/mol. The molecule has 0 bridgehead atoms. The zero-order chi connectivity index (χ0) is 27.3. The molecule has 3 heterocycles. The highest BCUT2D eigenvalue weighted by Gasteiger charge is 2.58. The molecule has 1 aliphatic rings. The van der Waals surface area contributed by atoms with E-state index in [1.54, 1.807) is 5.92 Å². The normalized spacial score (nSPS) is 28.0. The van der Waals surface area contributed by atoms with Gasteiger partial charge in [-0.25, -0.2) is 22.5 Å². The number of hydrogen-bond donors (Lipinski definition) is 7. The van der Waals surface area contributed by atoms with Crippen LogP contribution in [0.4, 0.5) is 14.7 Å². The SMILES string of the molecule is C#CC1(F)C(CO)[C@@H](COP(=O)(O)OP(=O)(O)OP(=O)(O)O)O[C@H]1n1cc(F)c2c(=O)[nH]c(N)nc21. The minimum atomic E-state index is -5.84. The number of anilines is 1. The molecule has 8 N–H and O–H groups in total. The Morgan fingerprint density at radius 1 is 1.28 bits per heavy atom. The third kappa shape index (κ3) is 5.76. The monoisotopic (exact) mass is 580 g/mol. The fourth-order valence-corrected chi connectivity index (χ4v) is 6.47. The average molecular weight is 580 g/mol. The van der Waals surface area contributed by atoms with E-state index in [4.69, 9.17) is 26.7 Å². The van der Waals surface area contributed by atoms with Crippen LogP contribution >= 0.6 is 23.5 Å². The summed E-state index contributed by atoms with van der Waals surface area (Å²) in [4.78, 5) is 53.7. The minimum Gasteiger partial charge on any atom is -0.396 e. The van der Waals surface area contributed by atoms with Crippen molar-refractivity contribution in [2.24, 2.45) is 5.92 Å². The number of terminal acetylenes is 1. The number of nitrogens with zero attached hydrogens (tertiary/aromatic N) is 2. The highest BCUT2D eigenvalue weighted by atomic mass is 31.3. The molecule has 17 nitrogen and oxygen atoms in total. The summed E-state index contributed by atoms with van der Waals surface area (Å²) in [6.45, 7) is -2.24. The lowest BCUT2D eigenvalue weighted by molar-refractivity contribution is -0.0478. The maximum Gasteiger partial charge on any atom is 0.490 e. The summed E-state index contributed by atoms with van der Waals surface area (Å²) in [6.07, 6.45) is 2.18. The predicted molar refractivity (Wildman–Crippen MR) is 112 cm³/mol. The van der Waals surface area contributed by atoms with Crippen LogP contribution < -0.4 is 11.3 Å². The van der Waals surface area contributed by atoms with Crippen molar-refractivity contribution in [3.8, 4) is 12.3 Å². The summed E-state index contributed by atoms with van der Waals surface area (Å²) in [6, 6.07) is 0. The van der Waals surface area contributed by atoms with Gasteiger partial charge in [-0.2, -0.15) is 13.6 Å². The maximum absolute atomic E-state index is 15.9. The van der Waals surface area contributed by atoms with E-state index in [-0.39, 0.29) is 0 Å². The highest BCUT2D eigenvalue weighted by molar-refractivity contribution is 7.66. The van der Waals surface area contributed by atoms with Crippen LogP contribution in [-0.4, -0.2) is 64.2 Å². The van der Waals surface area contributed by atoms with Crippen molar-refractivity contribution in [1.82, 2.24) is 14.5 Å². The fraction of sp³-hybridized carbons (Fsp3) is 0.429. The zero-order valence-corrected chi connectivity index (χ0v) is 20.1. The Morgan fingerprint density at radius 2 is 1.92 bits per heavy atom. The Kier molecular flexibility index (Phi) is 7.68. The number of aliphatic hydroxyl groups excluding tert-OH is 1. The number of aromatic amines is 1. The number of aromatic nitrogens is 3. The number of nitrogen functional groups attached to an aromatic ring is 1. The molecule has 2 aromatic heterocycles. The summed E-state index contributed by atoms with van der Waals surface area (Å²) in [5, 5.41) is 9.08. The number of rotatable bonds is 9. The molecule has 0 amide bonds. The lowest BCUT2D eigenvalue weighted by atomic mass is 9.87. The van der Waals surface area contributed by atoms with Crippen LogP contribution in [0.25, 0.3) is 11.0 Å². The quantitative estimate of drug-likeness (QED) is 0.147. The Bertz CT molecular complexity index is 1420. The van der Waals surface area contributed by atoms with Gasteiger partial charge >= 0.3 is 23.5 Å². The third-order valence-electron chi connectivity index (χ3n) is 4.79. The van der Waals surface area contributed by atoms with E-state index >= 15 is 4.39 Å². The van der Waals surface area contributed by atoms with E-state index in [1.165, 1.54) is 0 Å². The van der Waals surface area contributed by atoms with E-state index in [2.05, 4.69) is 18.1 Å².